The Bertz CT molecular complexity index is 572. The second-order valence-electron chi connectivity index (χ2n) is 5.97. The van der Waals surface area contributed by atoms with Gasteiger partial charge in [0.25, 0.3) is 0 Å². The average Bonchev–Trinajstić information content (AvgIpc) is 2.48. The molecule has 0 radical (unpaired) electrons. The van der Waals surface area contributed by atoms with E-state index in [0.29, 0.717) is 24.8 Å². The zero-order chi connectivity index (χ0) is 16.2. The first-order valence-electron chi connectivity index (χ1n) is 7.90. The van der Waals surface area contributed by atoms with Crippen molar-refractivity contribution in [1.29, 1.82) is 0 Å². The first kappa shape index (κ1) is 17.1. The highest BCUT2D eigenvalue weighted by Crippen LogP contribution is 2.24. The van der Waals surface area contributed by atoms with Gasteiger partial charge in [-0.15, -0.1) is 0 Å². The summed E-state index contributed by atoms with van der Waals surface area (Å²) >= 11 is 0. The van der Waals surface area contributed by atoms with Gasteiger partial charge in [0.2, 0.25) is 10.0 Å². The van der Waals surface area contributed by atoms with Gasteiger partial charge in [-0.2, -0.15) is 0 Å². The molecule has 0 aromatic heterocycles. The van der Waals surface area contributed by atoms with E-state index in [1.54, 1.807) is 0 Å². The minimum atomic E-state index is -3.24. The number of rotatable bonds is 6. The highest BCUT2D eigenvalue weighted by atomic mass is 32.2. The van der Waals surface area contributed by atoms with Crippen LogP contribution in [0.2, 0.25) is 0 Å². The lowest BCUT2D eigenvalue weighted by Crippen LogP contribution is -2.47. The minimum absolute atomic E-state index is 0.170. The molecule has 0 amide bonds. The number of sulfonamides is 1. The van der Waals surface area contributed by atoms with Crippen LogP contribution in [-0.2, 0) is 14.8 Å². The number of benzene rings is 1. The Morgan fingerprint density at radius 3 is 2.59 bits per heavy atom. The highest BCUT2D eigenvalue weighted by molar-refractivity contribution is 7.92. The topological polar surface area (TPSA) is 58.6 Å². The summed E-state index contributed by atoms with van der Waals surface area (Å²) in [5, 5.41) is 0. The Balaban J connectivity index is 2.04. The largest absolute Gasteiger partial charge is 0.375 e. The van der Waals surface area contributed by atoms with Crippen molar-refractivity contribution in [3.05, 3.63) is 24.3 Å². The second-order valence-corrected chi connectivity index (χ2v) is 7.81. The number of morpholine rings is 1. The zero-order valence-corrected chi connectivity index (χ0v) is 14.4. The molecule has 1 aromatic rings. The second kappa shape index (κ2) is 7.33. The lowest BCUT2D eigenvalue weighted by Gasteiger charge is -2.38. The molecule has 1 saturated heterocycles. The number of anilines is 2. The van der Waals surface area contributed by atoms with Crippen LogP contribution in [0.15, 0.2) is 24.3 Å². The fourth-order valence-corrected chi connectivity index (χ4v) is 3.81. The average molecular weight is 326 g/mol. The van der Waals surface area contributed by atoms with Crippen LogP contribution in [0.5, 0.6) is 0 Å². The number of hydrogen-bond acceptors (Lipinski definition) is 4. The number of hydrogen-bond donors (Lipinski definition) is 1. The SMILES string of the molecule is CCCCS(=O)(=O)Nc1ccc(N2CC(C)OCC2C)cc1. The van der Waals surface area contributed by atoms with E-state index in [9.17, 15) is 8.42 Å². The molecule has 5 nitrogen and oxygen atoms in total. The van der Waals surface area contributed by atoms with Gasteiger partial charge in [0.05, 0.1) is 18.5 Å². The van der Waals surface area contributed by atoms with E-state index in [0.717, 1.165) is 18.7 Å². The molecule has 2 rings (SSSR count). The maximum Gasteiger partial charge on any atom is 0.232 e. The van der Waals surface area contributed by atoms with E-state index >= 15 is 0 Å². The molecular weight excluding hydrogens is 300 g/mol. The molecule has 1 aliphatic rings. The van der Waals surface area contributed by atoms with Crippen molar-refractivity contribution in [2.75, 3.05) is 28.5 Å². The van der Waals surface area contributed by atoms with Gasteiger partial charge in [0.1, 0.15) is 0 Å². The van der Waals surface area contributed by atoms with E-state index in [-0.39, 0.29) is 11.9 Å². The zero-order valence-electron chi connectivity index (χ0n) is 13.6. The van der Waals surface area contributed by atoms with Gasteiger partial charge in [-0.1, -0.05) is 13.3 Å². The Labute approximate surface area is 133 Å². The van der Waals surface area contributed by atoms with Crippen LogP contribution >= 0.6 is 0 Å². The minimum Gasteiger partial charge on any atom is -0.375 e. The fraction of sp³-hybridized carbons (Fsp3) is 0.625. The van der Waals surface area contributed by atoms with Crippen molar-refractivity contribution >= 4 is 21.4 Å². The maximum absolute atomic E-state index is 11.9. The summed E-state index contributed by atoms with van der Waals surface area (Å²) in [5.74, 6) is 0.170. The molecule has 0 spiro atoms. The van der Waals surface area contributed by atoms with E-state index in [4.69, 9.17) is 4.74 Å². The third kappa shape index (κ3) is 4.61. The lowest BCUT2D eigenvalue weighted by molar-refractivity contribution is 0.0344. The van der Waals surface area contributed by atoms with Crippen LogP contribution < -0.4 is 9.62 Å². The molecular formula is C16H26N2O3S. The maximum atomic E-state index is 11.9. The van der Waals surface area contributed by atoms with Gasteiger partial charge in [-0.3, -0.25) is 4.72 Å². The van der Waals surface area contributed by atoms with E-state index in [1.807, 2.05) is 31.2 Å². The van der Waals surface area contributed by atoms with Crippen molar-refractivity contribution in [3.63, 3.8) is 0 Å². The number of nitrogens with zero attached hydrogens (tertiary/aromatic N) is 1. The Hall–Kier alpha value is -1.27. The van der Waals surface area contributed by atoms with Gasteiger partial charge >= 0.3 is 0 Å². The summed E-state index contributed by atoms with van der Waals surface area (Å²) in [6.07, 6.45) is 1.76. The van der Waals surface area contributed by atoms with Gasteiger partial charge in [0, 0.05) is 24.0 Å². The quantitative estimate of drug-likeness (QED) is 0.873. The first-order chi connectivity index (χ1) is 10.4. The third-order valence-corrected chi connectivity index (χ3v) is 5.22. The molecule has 1 heterocycles. The van der Waals surface area contributed by atoms with Crippen LogP contribution in [0.3, 0.4) is 0 Å². The normalized spacial score (nSPS) is 22.6. The molecule has 2 atom stereocenters. The van der Waals surface area contributed by atoms with Crippen LogP contribution in [0.25, 0.3) is 0 Å². The molecule has 0 bridgehead atoms. The van der Waals surface area contributed by atoms with Crippen molar-refractivity contribution < 1.29 is 13.2 Å². The Kier molecular flexibility index (Phi) is 5.69. The van der Waals surface area contributed by atoms with Crippen LogP contribution in [-0.4, -0.2) is 39.5 Å². The van der Waals surface area contributed by atoms with Gasteiger partial charge in [0.15, 0.2) is 0 Å². The Morgan fingerprint density at radius 1 is 1.27 bits per heavy atom. The van der Waals surface area contributed by atoms with Crippen molar-refractivity contribution in [2.45, 2.75) is 45.8 Å². The molecule has 1 aromatic carbocycles. The lowest BCUT2D eigenvalue weighted by atomic mass is 10.1. The van der Waals surface area contributed by atoms with Gasteiger partial charge in [-0.25, -0.2) is 8.42 Å². The van der Waals surface area contributed by atoms with Crippen molar-refractivity contribution in [1.82, 2.24) is 0 Å². The first-order valence-corrected chi connectivity index (χ1v) is 9.55. The summed E-state index contributed by atoms with van der Waals surface area (Å²) in [6.45, 7) is 7.74. The van der Waals surface area contributed by atoms with Crippen molar-refractivity contribution in [3.8, 4) is 0 Å². The monoisotopic (exact) mass is 326 g/mol. The summed E-state index contributed by atoms with van der Waals surface area (Å²) in [7, 11) is -3.24. The van der Waals surface area contributed by atoms with Gasteiger partial charge in [-0.05, 0) is 44.5 Å². The van der Waals surface area contributed by atoms with Crippen molar-refractivity contribution in [2.24, 2.45) is 0 Å². The smallest absolute Gasteiger partial charge is 0.232 e. The number of unbranched alkanes of at least 4 members (excludes halogenated alkanes) is 1. The van der Waals surface area contributed by atoms with Crippen LogP contribution in [0, 0.1) is 0 Å². The molecule has 2 unspecified atom stereocenters. The van der Waals surface area contributed by atoms with Crippen LogP contribution in [0.1, 0.15) is 33.6 Å². The molecule has 1 fully saturated rings. The predicted octanol–water partition coefficient (Wildman–Crippen LogP) is 2.84. The number of nitrogens with one attached hydrogen (secondary N) is 1. The summed E-state index contributed by atoms with van der Waals surface area (Å²) in [5.41, 5.74) is 1.72. The van der Waals surface area contributed by atoms with Gasteiger partial charge < -0.3 is 9.64 Å². The molecule has 1 aliphatic heterocycles. The predicted molar refractivity (Wildman–Crippen MR) is 91.0 cm³/mol. The fourth-order valence-electron chi connectivity index (χ4n) is 2.55. The van der Waals surface area contributed by atoms with Crippen LogP contribution in [0.4, 0.5) is 11.4 Å². The van der Waals surface area contributed by atoms with E-state index in [2.05, 4.69) is 23.5 Å². The number of ether oxygens (including phenoxy) is 1. The summed E-state index contributed by atoms with van der Waals surface area (Å²) in [4.78, 5) is 2.30. The molecule has 22 heavy (non-hydrogen) atoms. The molecule has 6 heteroatoms. The molecule has 124 valence electrons. The standard InChI is InChI=1S/C16H26N2O3S/c1-4-5-10-22(19,20)17-15-6-8-16(9-7-15)18-11-14(3)21-12-13(18)2/h6-9,13-14,17H,4-5,10-12H2,1-3H3. The summed E-state index contributed by atoms with van der Waals surface area (Å²) < 4.78 is 32.1. The Morgan fingerprint density at radius 2 is 1.95 bits per heavy atom. The van der Waals surface area contributed by atoms with E-state index in [1.165, 1.54) is 0 Å². The van der Waals surface area contributed by atoms with E-state index < -0.39 is 10.0 Å². The summed E-state index contributed by atoms with van der Waals surface area (Å²) in [6, 6.07) is 7.90. The molecule has 1 N–H and O–H groups in total. The highest BCUT2D eigenvalue weighted by Gasteiger charge is 2.23. The molecule has 0 aliphatic carbocycles. The third-order valence-electron chi connectivity index (χ3n) is 3.85. The molecule has 0 saturated carbocycles.